The molecule has 0 radical (unpaired) electrons. The van der Waals surface area contributed by atoms with Crippen LogP contribution in [-0.4, -0.2) is 62.6 Å². The van der Waals surface area contributed by atoms with E-state index in [9.17, 15) is 0 Å². The van der Waals surface area contributed by atoms with Crippen LogP contribution in [0.1, 0.15) is 22.3 Å². The largest absolute Gasteiger partial charge is 0.493 e. The second-order valence-electron chi connectivity index (χ2n) is 12.0. The molecule has 6 rings (SSSR count). The molecule has 10 N–H and O–H groups in total. The third kappa shape index (κ3) is 7.96. The number of aryl methyl sites for hydroxylation is 2. The Morgan fingerprint density at radius 3 is 1.11 bits per heavy atom. The van der Waals surface area contributed by atoms with Gasteiger partial charge < -0.3 is 62.0 Å². The lowest BCUT2D eigenvalue weighted by molar-refractivity contribution is 0.324. The van der Waals surface area contributed by atoms with E-state index in [0.29, 0.717) is 59.2 Å². The molecule has 4 aromatic carbocycles. The minimum Gasteiger partial charge on any atom is -0.493 e. The topological polar surface area (TPSA) is 235 Å². The number of nitrogens with one attached hydrogen (secondary N) is 2. The van der Waals surface area contributed by atoms with Gasteiger partial charge in [-0.15, -0.1) is 0 Å². The number of ether oxygens (including phenoxy) is 6. The van der Waals surface area contributed by atoms with Crippen molar-refractivity contribution >= 4 is 56.7 Å². The van der Waals surface area contributed by atoms with Crippen molar-refractivity contribution in [2.75, 3.05) is 76.2 Å². The summed E-state index contributed by atoms with van der Waals surface area (Å²) in [5.74, 6) is 4.54. The van der Waals surface area contributed by atoms with E-state index in [-0.39, 0.29) is 11.9 Å². The Labute approximate surface area is 313 Å². The molecule has 284 valence electrons. The van der Waals surface area contributed by atoms with Crippen molar-refractivity contribution in [2.24, 2.45) is 0 Å². The first-order valence-corrected chi connectivity index (χ1v) is 16.7. The second-order valence-corrected chi connectivity index (χ2v) is 12.0. The van der Waals surface area contributed by atoms with Crippen LogP contribution in [0.2, 0.25) is 0 Å². The SMILES string of the molecule is COc1cc(NCc2ccc3nc(N)nc(N)c3c2C)cc(OC)c1OC.COc1cc(NCc2ccc3nc(N)nc(N)c3c2C)cc(OC)c1OC. The molecule has 0 spiro atoms. The average molecular weight is 739 g/mol. The van der Waals surface area contributed by atoms with E-state index in [1.54, 1.807) is 42.7 Å². The maximum Gasteiger partial charge on any atom is 0.222 e. The third-order valence-corrected chi connectivity index (χ3v) is 8.86. The zero-order chi connectivity index (χ0) is 39.1. The van der Waals surface area contributed by atoms with E-state index in [1.807, 2.05) is 62.4 Å². The van der Waals surface area contributed by atoms with Gasteiger partial charge in [-0.1, -0.05) is 12.1 Å². The van der Waals surface area contributed by atoms with Crippen molar-refractivity contribution in [3.05, 3.63) is 70.8 Å². The van der Waals surface area contributed by atoms with Crippen molar-refractivity contribution in [2.45, 2.75) is 26.9 Å². The number of nitrogen functional groups attached to an aromatic ring is 4. The molecule has 6 aromatic rings. The van der Waals surface area contributed by atoms with Crippen molar-refractivity contribution < 1.29 is 28.4 Å². The number of hydrogen-bond donors (Lipinski definition) is 6. The van der Waals surface area contributed by atoms with Crippen LogP contribution in [0.4, 0.5) is 34.9 Å². The molecule has 0 amide bonds. The maximum absolute atomic E-state index is 6.04. The number of benzene rings is 4. The Bertz CT molecular complexity index is 2090. The Hall–Kier alpha value is -6.84. The van der Waals surface area contributed by atoms with Gasteiger partial charge in [-0.2, -0.15) is 9.97 Å². The standard InChI is InChI=1S/2C19H23N5O3/c2*1-10-11(5-6-13-16(10)18(20)24-19(21)23-13)9-22-12-7-14(25-2)17(27-4)15(8-12)26-3/h2*5-8,22H,9H2,1-4H3,(H4,20,21,23,24). The predicted octanol–water partition coefficient (Wildman–Crippen LogP) is 5.48. The predicted molar refractivity (Wildman–Crippen MR) is 213 cm³/mol. The molecule has 0 atom stereocenters. The van der Waals surface area contributed by atoms with E-state index >= 15 is 0 Å². The fourth-order valence-corrected chi connectivity index (χ4v) is 6.11. The van der Waals surface area contributed by atoms with Gasteiger partial charge in [0.25, 0.3) is 0 Å². The van der Waals surface area contributed by atoms with Crippen molar-refractivity contribution in [3.63, 3.8) is 0 Å². The van der Waals surface area contributed by atoms with Crippen LogP contribution in [0.15, 0.2) is 48.5 Å². The van der Waals surface area contributed by atoms with Crippen molar-refractivity contribution in [1.29, 1.82) is 0 Å². The first kappa shape index (κ1) is 38.4. The van der Waals surface area contributed by atoms with E-state index in [1.165, 1.54) is 0 Å². The van der Waals surface area contributed by atoms with Crippen molar-refractivity contribution in [1.82, 2.24) is 19.9 Å². The number of fused-ring (bicyclic) bond motifs is 2. The molecule has 0 aliphatic carbocycles. The number of nitrogens with two attached hydrogens (primary N) is 4. The van der Waals surface area contributed by atoms with Gasteiger partial charge in [-0.05, 0) is 48.2 Å². The lowest BCUT2D eigenvalue weighted by atomic mass is 10.0. The number of hydrogen-bond acceptors (Lipinski definition) is 16. The molecule has 2 aromatic heterocycles. The number of aromatic nitrogens is 4. The molecule has 54 heavy (non-hydrogen) atoms. The summed E-state index contributed by atoms with van der Waals surface area (Å²) in [6.45, 7) is 5.13. The van der Waals surface area contributed by atoms with Gasteiger partial charge in [0.05, 0.1) is 53.7 Å². The molecule has 0 saturated heterocycles. The summed E-state index contributed by atoms with van der Waals surface area (Å²) >= 11 is 0. The number of nitrogens with zero attached hydrogens (tertiary/aromatic N) is 4. The van der Waals surface area contributed by atoms with Gasteiger partial charge in [0.15, 0.2) is 23.0 Å². The van der Waals surface area contributed by atoms with Crippen LogP contribution in [-0.2, 0) is 13.1 Å². The molecule has 0 unspecified atom stereocenters. The zero-order valence-corrected chi connectivity index (χ0v) is 31.6. The van der Waals surface area contributed by atoms with Gasteiger partial charge in [-0.3, -0.25) is 0 Å². The first-order chi connectivity index (χ1) is 26.0. The fraction of sp³-hybridized carbons (Fsp3) is 0.263. The Morgan fingerprint density at radius 2 is 0.815 bits per heavy atom. The summed E-state index contributed by atoms with van der Waals surface area (Å²) in [4.78, 5) is 16.6. The van der Waals surface area contributed by atoms with Gasteiger partial charge in [0.1, 0.15) is 11.6 Å². The van der Waals surface area contributed by atoms with Crippen LogP contribution in [0, 0.1) is 13.8 Å². The molecule has 0 aliphatic rings. The van der Waals surface area contributed by atoms with Crippen LogP contribution >= 0.6 is 0 Å². The zero-order valence-electron chi connectivity index (χ0n) is 31.6. The lowest BCUT2D eigenvalue weighted by Gasteiger charge is -2.16. The van der Waals surface area contributed by atoms with Gasteiger partial charge in [0.2, 0.25) is 23.4 Å². The molecule has 0 fully saturated rings. The third-order valence-electron chi connectivity index (χ3n) is 8.86. The minimum atomic E-state index is 0.169. The van der Waals surface area contributed by atoms with Crippen LogP contribution in [0.5, 0.6) is 34.5 Å². The fourth-order valence-electron chi connectivity index (χ4n) is 6.11. The Morgan fingerprint density at radius 1 is 0.481 bits per heavy atom. The molecule has 16 heteroatoms. The molecular weight excluding hydrogens is 692 g/mol. The highest BCUT2D eigenvalue weighted by Crippen LogP contribution is 2.41. The Balaban J connectivity index is 0.000000208. The van der Waals surface area contributed by atoms with Gasteiger partial charge >= 0.3 is 0 Å². The van der Waals surface area contributed by atoms with Gasteiger partial charge in [-0.25, -0.2) is 9.97 Å². The quantitative estimate of drug-likeness (QED) is 0.0911. The minimum absolute atomic E-state index is 0.169. The summed E-state index contributed by atoms with van der Waals surface area (Å²) in [6.07, 6.45) is 0. The highest BCUT2D eigenvalue weighted by Gasteiger charge is 2.16. The number of methoxy groups -OCH3 is 6. The molecular formula is C38H46N10O6. The summed E-state index contributed by atoms with van der Waals surface area (Å²) < 4.78 is 32.3. The van der Waals surface area contributed by atoms with Crippen LogP contribution in [0.3, 0.4) is 0 Å². The highest BCUT2D eigenvalue weighted by molar-refractivity contribution is 5.93. The monoisotopic (exact) mass is 738 g/mol. The summed E-state index contributed by atoms with van der Waals surface area (Å²) in [5, 5.41) is 8.38. The summed E-state index contributed by atoms with van der Waals surface area (Å²) in [7, 11) is 9.49. The van der Waals surface area contributed by atoms with E-state index in [4.69, 9.17) is 51.4 Å². The van der Waals surface area contributed by atoms with Crippen LogP contribution < -0.4 is 62.0 Å². The summed E-state index contributed by atoms with van der Waals surface area (Å²) in [6, 6.07) is 15.2. The van der Waals surface area contributed by atoms with Gasteiger partial charge in [0, 0.05) is 59.5 Å². The Kier molecular flexibility index (Phi) is 11.8. The highest BCUT2D eigenvalue weighted by atomic mass is 16.5. The first-order valence-electron chi connectivity index (χ1n) is 16.7. The number of anilines is 6. The van der Waals surface area contributed by atoms with Crippen LogP contribution in [0.25, 0.3) is 21.8 Å². The summed E-state index contributed by atoms with van der Waals surface area (Å²) in [5.41, 5.74) is 30.7. The number of rotatable bonds is 12. The molecule has 0 saturated carbocycles. The molecule has 2 heterocycles. The molecule has 0 bridgehead atoms. The van der Waals surface area contributed by atoms with Crippen molar-refractivity contribution in [3.8, 4) is 34.5 Å². The molecule has 16 nitrogen and oxygen atoms in total. The average Bonchev–Trinajstić information content (AvgIpc) is 3.16. The molecule has 0 aliphatic heterocycles. The lowest BCUT2D eigenvalue weighted by Crippen LogP contribution is -2.06. The van der Waals surface area contributed by atoms with E-state index < -0.39 is 0 Å². The second kappa shape index (κ2) is 16.7. The maximum atomic E-state index is 6.04. The van der Waals surface area contributed by atoms with E-state index in [2.05, 4.69) is 30.6 Å². The van der Waals surface area contributed by atoms with E-state index in [0.717, 1.165) is 55.4 Å². The smallest absolute Gasteiger partial charge is 0.222 e. The normalized spacial score (nSPS) is 10.7.